The summed E-state index contributed by atoms with van der Waals surface area (Å²) >= 11 is 1.16. The van der Waals surface area contributed by atoms with E-state index in [1.807, 2.05) is 0 Å². The van der Waals surface area contributed by atoms with Crippen molar-refractivity contribution in [1.29, 1.82) is 0 Å². The van der Waals surface area contributed by atoms with Crippen LogP contribution in [-0.4, -0.2) is 21.7 Å². The molecule has 2 fully saturated rings. The fourth-order valence-electron chi connectivity index (χ4n) is 3.39. The number of fused-ring (bicyclic) bond motifs is 1. The Morgan fingerprint density at radius 1 is 1.19 bits per heavy atom. The molecule has 0 aromatic carbocycles. The summed E-state index contributed by atoms with van der Waals surface area (Å²) in [5, 5.41) is 22.1. The standard InChI is InChI=1S/C11H20O4S/c1-7-8-4-2-3-5-9(8)11(6-10(7)12)16-15-14-13/h7-13H,2-6H2,1H3. The lowest BCUT2D eigenvalue weighted by Crippen LogP contribution is -2.44. The van der Waals surface area contributed by atoms with Crippen LogP contribution in [0.2, 0.25) is 0 Å². The van der Waals surface area contributed by atoms with Crippen molar-refractivity contribution in [2.75, 3.05) is 0 Å². The second-order valence-electron chi connectivity index (χ2n) is 5.05. The normalized spacial score (nSPS) is 44.1. The fraction of sp³-hybridized carbons (Fsp3) is 1.00. The summed E-state index contributed by atoms with van der Waals surface area (Å²) in [6, 6.07) is 0. The van der Waals surface area contributed by atoms with Gasteiger partial charge in [-0.05, 0) is 37.0 Å². The first kappa shape index (κ1) is 12.6. The number of aliphatic hydroxyl groups excluding tert-OH is 1. The van der Waals surface area contributed by atoms with Gasteiger partial charge in [-0.1, -0.05) is 24.8 Å². The first-order valence-electron chi connectivity index (χ1n) is 6.05. The molecular weight excluding hydrogens is 228 g/mol. The van der Waals surface area contributed by atoms with Gasteiger partial charge in [0, 0.05) is 17.3 Å². The van der Waals surface area contributed by atoms with Crippen LogP contribution in [0.1, 0.15) is 39.0 Å². The largest absolute Gasteiger partial charge is 0.393 e. The molecule has 0 aliphatic heterocycles. The SMILES string of the molecule is CC1C(O)CC(SOOO)C2CCCCC12. The maximum atomic E-state index is 10.0. The topological polar surface area (TPSA) is 58.9 Å². The molecule has 4 nitrogen and oxygen atoms in total. The van der Waals surface area contributed by atoms with E-state index >= 15 is 0 Å². The number of rotatable bonds is 3. The van der Waals surface area contributed by atoms with Crippen molar-refractivity contribution in [3.8, 4) is 0 Å². The summed E-state index contributed by atoms with van der Waals surface area (Å²) in [4.78, 5) is 0. The Morgan fingerprint density at radius 3 is 2.56 bits per heavy atom. The molecule has 94 valence electrons. The van der Waals surface area contributed by atoms with Gasteiger partial charge in [0.25, 0.3) is 0 Å². The molecule has 0 amide bonds. The highest BCUT2D eigenvalue weighted by atomic mass is 32.2. The lowest BCUT2D eigenvalue weighted by Gasteiger charge is -2.46. The molecule has 16 heavy (non-hydrogen) atoms. The molecule has 0 saturated heterocycles. The smallest absolute Gasteiger partial charge is 0.0580 e. The zero-order valence-corrected chi connectivity index (χ0v) is 10.4. The van der Waals surface area contributed by atoms with Crippen molar-refractivity contribution in [3.05, 3.63) is 0 Å². The van der Waals surface area contributed by atoms with Crippen molar-refractivity contribution in [3.63, 3.8) is 0 Å². The van der Waals surface area contributed by atoms with E-state index in [-0.39, 0.29) is 11.4 Å². The van der Waals surface area contributed by atoms with Crippen molar-refractivity contribution in [2.24, 2.45) is 17.8 Å². The zero-order chi connectivity index (χ0) is 11.5. The van der Waals surface area contributed by atoms with Gasteiger partial charge >= 0.3 is 0 Å². The van der Waals surface area contributed by atoms with E-state index in [0.717, 1.165) is 18.5 Å². The van der Waals surface area contributed by atoms with Crippen molar-refractivity contribution < 1.29 is 19.7 Å². The van der Waals surface area contributed by atoms with Gasteiger partial charge in [0.15, 0.2) is 0 Å². The molecule has 0 spiro atoms. The van der Waals surface area contributed by atoms with E-state index in [0.29, 0.717) is 17.8 Å². The van der Waals surface area contributed by atoms with Crippen LogP contribution in [0.4, 0.5) is 0 Å². The van der Waals surface area contributed by atoms with Crippen LogP contribution in [0.3, 0.4) is 0 Å². The molecule has 2 aliphatic rings. The second-order valence-corrected chi connectivity index (χ2v) is 5.99. The molecule has 0 aromatic heterocycles. The fourth-order valence-corrected chi connectivity index (χ4v) is 4.29. The Labute approximate surface area is 100 Å². The summed E-state index contributed by atoms with van der Waals surface area (Å²) in [6.45, 7) is 2.15. The van der Waals surface area contributed by atoms with Crippen LogP contribution in [0.5, 0.6) is 0 Å². The summed E-state index contributed by atoms with van der Waals surface area (Å²) in [6.07, 6.45) is 5.43. The van der Waals surface area contributed by atoms with Crippen LogP contribution in [0.25, 0.3) is 0 Å². The molecule has 2 saturated carbocycles. The quantitative estimate of drug-likeness (QED) is 0.457. The van der Waals surface area contributed by atoms with E-state index in [9.17, 15) is 5.11 Å². The lowest BCUT2D eigenvalue weighted by atomic mass is 9.65. The molecule has 0 aromatic rings. The second kappa shape index (κ2) is 5.69. The van der Waals surface area contributed by atoms with E-state index in [2.05, 4.69) is 16.3 Å². The Bertz CT molecular complexity index is 226. The average Bonchev–Trinajstić information content (AvgIpc) is 2.32. The summed E-state index contributed by atoms with van der Waals surface area (Å²) in [5.41, 5.74) is 0. The molecular formula is C11H20O4S. The van der Waals surface area contributed by atoms with Gasteiger partial charge in [-0.15, -0.1) is 4.33 Å². The predicted molar refractivity (Wildman–Crippen MR) is 61.4 cm³/mol. The lowest BCUT2D eigenvalue weighted by molar-refractivity contribution is -0.432. The minimum atomic E-state index is -0.251. The maximum Gasteiger partial charge on any atom is 0.0580 e. The Kier molecular flexibility index (Phi) is 4.49. The Morgan fingerprint density at radius 2 is 1.88 bits per heavy atom. The highest BCUT2D eigenvalue weighted by Crippen LogP contribution is 2.47. The van der Waals surface area contributed by atoms with Gasteiger partial charge in [-0.2, -0.15) is 0 Å². The summed E-state index contributed by atoms with van der Waals surface area (Å²) in [5.74, 6) is 1.57. The number of hydrogen-bond donors (Lipinski definition) is 2. The summed E-state index contributed by atoms with van der Waals surface area (Å²) in [7, 11) is 0. The Hall–Kier alpha value is 0.190. The van der Waals surface area contributed by atoms with Gasteiger partial charge in [0.05, 0.1) is 6.10 Å². The number of hydrogen-bond acceptors (Lipinski definition) is 5. The molecule has 5 unspecified atom stereocenters. The molecule has 2 aliphatic carbocycles. The molecule has 2 rings (SSSR count). The van der Waals surface area contributed by atoms with Gasteiger partial charge in [-0.25, -0.2) is 5.26 Å². The van der Waals surface area contributed by atoms with E-state index in [1.165, 1.54) is 25.7 Å². The van der Waals surface area contributed by atoms with Gasteiger partial charge in [0.1, 0.15) is 0 Å². The molecule has 5 atom stereocenters. The predicted octanol–water partition coefficient (Wildman–Crippen LogP) is 2.63. The van der Waals surface area contributed by atoms with Gasteiger partial charge in [0.2, 0.25) is 0 Å². The van der Waals surface area contributed by atoms with E-state index in [4.69, 9.17) is 5.26 Å². The molecule has 5 heteroatoms. The minimum absolute atomic E-state index is 0.239. The van der Waals surface area contributed by atoms with E-state index < -0.39 is 0 Å². The summed E-state index contributed by atoms with van der Waals surface area (Å²) < 4.78 is 4.57. The van der Waals surface area contributed by atoms with Crippen molar-refractivity contribution >= 4 is 12.0 Å². The van der Waals surface area contributed by atoms with Crippen LogP contribution in [0.15, 0.2) is 0 Å². The number of aliphatic hydroxyl groups is 1. The molecule has 0 heterocycles. The van der Waals surface area contributed by atoms with Crippen molar-refractivity contribution in [2.45, 2.75) is 50.4 Å². The third kappa shape index (κ3) is 2.54. The van der Waals surface area contributed by atoms with Crippen LogP contribution in [-0.2, 0) is 9.37 Å². The maximum absolute atomic E-state index is 10.0. The van der Waals surface area contributed by atoms with Gasteiger partial charge < -0.3 is 5.11 Å². The highest BCUT2D eigenvalue weighted by molar-refractivity contribution is 7.95. The molecule has 2 N–H and O–H groups in total. The van der Waals surface area contributed by atoms with Crippen LogP contribution < -0.4 is 0 Å². The zero-order valence-electron chi connectivity index (χ0n) is 9.54. The van der Waals surface area contributed by atoms with Crippen LogP contribution in [0, 0.1) is 17.8 Å². The van der Waals surface area contributed by atoms with Crippen molar-refractivity contribution in [1.82, 2.24) is 0 Å². The molecule has 0 bridgehead atoms. The minimum Gasteiger partial charge on any atom is -0.393 e. The monoisotopic (exact) mass is 248 g/mol. The molecule has 0 radical (unpaired) electrons. The third-order valence-electron chi connectivity index (χ3n) is 4.30. The average molecular weight is 248 g/mol. The van der Waals surface area contributed by atoms with E-state index in [1.54, 1.807) is 0 Å². The van der Waals surface area contributed by atoms with Crippen LogP contribution >= 0.6 is 12.0 Å². The third-order valence-corrected chi connectivity index (χ3v) is 5.23. The first-order valence-corrected chi connectivity index (χ1v) is 6.86. The Balaban J connectivity index is 2.01. The highest BCUT2D eigenvalue weighted by Gasteiger charge is 2.43. The first-order chi connectivity index (χ1) is 7.74. The van der Waals surface area contributed by atoms with Gasteiger partial charge in [-0.3, -0.25) is 0 Å².